The number of aliphatic carboxylic acids is 1. The van der Waals surface area contributed by atoms with E-state index < -0.39 is 30.5 Å². The summed E-state index contributed by atoms with van der Waals surface area (Å²) in [5, 5.41) is 9.01. The van der Waals surface area contributed by atoms with Gasteiger partial charge in [0.2, 0.25) is 5.91 Å². The molecule has 9 heteroatoms. The molecule has 0 saturated carbocycles. The van der Waals surface area contributed by atoms with E-state index in [2.05, 4.69) is 0 Å². The molecule has 2 atom stereocenters. The first-order valence-corrected chi connectivity index (χ1v) is 7.61. The molecule has 1 aliphatic heterocycles. The SMILES string of the molecule is CCN(C(=O)CN1C[C@@H](C(F)(F)F)[C@H](C(=O)O)C1)c1ccccc1.Cl. The topological polar surface area (TPSA) is 60.9 Å². The summed E-state index contributed by atoms with van der Waals surface area (Å²) in [6, 6.07) is 8.81. The van der Waals surface area contributed by atoms with Crippen LogP contribution in [0, 0.1) is 11.8 Å². The Kier molecular flexibility index (Phi) is 7.25. The maximum atomic E-state index is 13.0. The van der Waals surface area contributed by atoms with Crippen molar-refractivity contribution in [3.05, 3.63) is 30.3 Å². The highest BCUT2D eigenvalue weighted by molar-refractivity contribution is 5.94. The van der Waals surface area contributed by atoms with Gasteiger partial charge in [0, 0.05) is 25.3 Å². The third-order valence-corrected chi connectivity index (χ3v) is 4.18. The number of carbonyl (C=O) groups excluding carboxylic acids is 1. The van der Waals surface area contributed by atoms with Gasteiger partial charge in [0.1, 0.15) is 0 Å². The van der Waals surface area contributed by atoms with Crippen molar-refractivity contribution in [1.29, 1.82) is 0 Å². The van der Waals surface area contributed by atoms with Crippen molar-refractivity contribution in [3.8, 4) is 0 Å². The van der Waals surface area contributed by atoms with Gasteiger partial charge in [-0.25, -0.2) is 0 Å². The molecule has 0 aliphatic carbocycles. The third kappa shape index (κ3) is 5.09. The Morgan fingerprint density at radius 1 is 1.24 bits per heavy atom. The van der Waals surface area contributed by atoms with Crippen molar-refractivity contribution >= 4 is 30.0 Å². The van der Waals surface area contributed by atoms with Crippen molar-refractivity contribution in [2.75, 3.05) is 31.1 Å². The first kappa shape index (κ1) is 21.2. The summed E-state index contributed by atoms with van der Waals surface area (Å²) in [5.74, 6) is -5.32. The first-order valence-electron chi connectivity index (χ1n) is 7.61. The standard InChI is InChI=1S/C16H19F3N2O3.ClH/c1-2-21(11-6-4-3-5-7-11)14(22)10-20-8-12(15(23)24)13(9-20)16(17,18)19;/h3-7,12-13H,2,8-10H2,1H3,(H,23,24);1H/t12-,13-;/m1./s1. The van der Waals surface area contributed by atoms with Crippen LogP contribution in [0.5, 0.6) is 0 Å². The molecule has 25 heavy (non-hydrogen) atoms. The summed E-state index contributed by atoms with van der Waals surface area (Å²) in [7, 11) is 0. The molecule has 2 rings (SSSR count). The summed E-state index contributed by atoms with van der Waals surface area (Å²) in [6.45, 7) is 1.16. The lowest BCUT2D eigenvalue weighted by molar-refractivity contribution is -0.188. The average Bonchev–Trinajstić information content (AvgIpc) is 2.93. The Morgan fingerprint density at radius 3 is 2.28 bits per heavy atom. The number of anilines is 1. The number of amides is 1. The molecule has 1 amide bonds. The molecule has 1 N–H and O–H groups in total. The Balaban J connectivity index is 0.00000312. The summed E-state index contributed by atoms with van der Waals surface area (Å²) in [6.07, 6.45) is -4.59. The number of carboxylic acid groups (broad SMARTS) is 1. The van der Waals surface area contributed by atoms with Crippen molar-refractivity contribution in [1.82, 2.24) is 4.90 Å². The predicted molar refractivity (Wildman–Crippen MR) is 88.8 cm³/mol. The number of carbonyl (C=O) groups is 2. The zero-order valence-corrected chi connectivity index (χ0v) is 14.4. The third-order valence-electron chi connectivity index (χ3n) is 4.18. The van der Waals surface area contributed by atoms with Gasteiger partial charge in [-0.05, 0) is 19.1 Å². The van der Waals surface area contributed by atoms with Crippen LogP contribution in [-0.2, 0) is 9.59 Å². The summed E-state index contributed by atoms with van der Waals surface area (Å²) < 4.78 is 39.0. The van der Waals surface area contributed by atoms with Crippen LogP contribution in [0.1, 0.15) is 6.92 Å². The molecule has 0 aromatic heterocycles. The van der Waals surface area contributed by atoms with E-state index in [1.807, 2.05) is 0 Å². The van der Waals surface area contributed by atoms with Gasteiger partial charge in [-0.15, -0.1) is 12.4 Å². The number of alkyl halides is 3. The molecule has 1 heterocycles. The second-order valence-corrected chi connectivity index (χ2v) is 5.76. The Bertz CT molecular complexity index is 598. The number of likely N-dealkylation sites (tertiary alicyclic amines) is 1. The fourth-order valence-electron chi connectivity index (χ4n) is 2.98. The predicted octanol–water partition coefficient (Wildman–Crippen LogP) is 2.66. The van der Waals surface area contributed by atoms with Gasteiger partial charge in [0.25, 0.3) is 0 Å². The fraction of sp³-hybridized carbons (Fsp3) is 0.500. The zero-order chi connectivity index (χ0) is 17.9. The van der Waals surface area contributed by atoms with Gasteiger partial charge in [0.05, 0.1) is 18.4 Å². The van der Waals surface area contributed by atoms with Crippen molar-refractivity contribution in [3.63, 3.8) is 0 Å². The van der Waals surface area contributed by atoms with Crippen molar-refractivity contribution < 1.29 is 27.9 Å². The van der Waals surface area contributed by atoms with E-state index in [4.69, 9.17) is 5.11 Å². The molecule has 0 spiro atoms. The fourth-order valence-corrected chi connectivity index (χ4v) is 2.98. The van der Waals surface area contributed by atoms with Gasteiger partial charge in [0.15, 0.2) is 0 Å². The largest absolute Gasteiger partial charge is 0.481 e. The molecule has 1 fully saturated rings. The van der Waals surface area contributed by atoms with Crippen LogP contribution >= 0.6 is 12.4 Å². The van der Waals surface area contributed by atoms with Gasteiger partial charge in [-0.3, -0.25) is 14.5 Å². The number of rotatable bonds is 5. The van der Waals surface area contributed by atoms with Crippen LogP contribution in [0.4, 0.5) is 18.9 Å². The molecule has 1 aromatic carbocycles. The molecule has 5 nitrogen and oxygen atoms in total. The van der Waals surface area contributed by atoms with E-state index in [0.29, 0.717) is 12.2 Å². The lowest BCUT2D eigenvalue weighted by Crippen LogP contribution is -2.40. The number of likely N-dealkylation sites (N-methyl/N-ethyl adjacent to an activating group) is 1. The Morgan fingerprint density at radius 2 is 1.84 bits per heavy atom. The molecule has 0 bridgehead atoms. The normalized spacial score (nSPS) is 20.8. The van der Waals surface area contributed by atoms with Crippen molar-refractivity contribution in [2.45, 2.75) is 13.1 Å². The minimum absolute atomic E-state index is 0. The molecular formula is C16H20ClF3N2O3. The maximum Gasteiger partial charge on any atom is 0.393 e. The lowest BCUT2D eigenvalue weighted by atomic mass is 9.96. The van der Waals surface area contributed by atoms with E-state index >= 15 is 0 Å². The van der Waals surface area contributed by atoms with E-state index in [1.54, 1.807) is 37.3 Å². The first-order chi connectivity index (χ1) is 11.2. The number of hydrogen-bond acceptors (Lipinski definition) is 3. The van der Waals surface area contributed by atoms with E-state index in [9.17, 15) is 22.8 Å². The number of nitrogens with zero attached hydrogens (tertiary/aromatic N) is 2. The number of hydrogen-bond donors (Lipinski definition) is 1. The van der Waals surface area contributed by atoms with Gasteiger partial charge in [-0.2, -0.15) is 13.2 Å². The molecule has 140 valence electrons. The average molecular weight is 381 g/mol. The minimum atomic E-state index is -4.59. The second kappa shape index (κ2) is 8.53. The zero-order valence-electron chi connectivity index (χ0n) is 13.6. The highest BCUT2D eigenvalue weighted by Gasteiger charge is 2.52. The number of halogens is 4. The molecular weight excluding hydrogens is 361 g/mol. The quantitative estimate of drug-likeness (QED) is 0.853. The number of para-hydroxylation sites is 1. The second-order valence-electron chi connectivity index (χ2n) is 5.76. The molecule has 1 saturated heterocycles. The van der Waals surface area contributed by atoms with Crippen LogP contribution in [-0.4, -0.2) is 54.2 Å². The van der Waals surface area contributed by atoms with E-state index in [-0.39, 0.29) is 31.4 Å². The molecule has 1 aliphatic rings. The van der Waals surface area contributed by atoms with Crippen LogP contribution < -0.4 is 4.90 Å². The summed E-state index contributed by atoms with van der Waals surface area (Å²) in [5.41, 5.74) is 0.659. The minimum Gasteiger partial charge on any atom is -0.481 e. The van der Waals surface area contributed by atoms with Crippen molar-refractivity contribution in [2.24, 2.45) is 11.8 Å². The summed E-state index contributed by atoms with van der Waals surface area (Å²) in [4.78, 5) is 26.2. The van der Waals surface area contributed by atoms with Crippen LogP contribution in [0.3, 0.4) is 0 Å². The van der Waals surface area contributed by atoms with Crippen LogP contribution in [0.2, 0.25) is 0 Å². The van der Waals surface area contributed by atoms with Gasteiger partial charge < -0.3 is 10.0 Å². The molecule has 1 aromatic rings. The lowest BCUT2D eigenvalue weighted by Gasteiger charge is -2.24. The molecule has 0 unspecified atom stereocenters. The van der Waals surface area contributed by atoms with E-state index in [1.165, 1.54) is 9.80 Å². The van der Waals surface area contributed by atoms with E-state index in [0.717, 1.165) is 0 Å². The van der Waals surface area contributed by atoms with Gasteiger partial charge >= 0.3 is 12.1 Å². The summed E-state index contributed by atoms with van der Waals surface area (Å²) >= 11 is 0. The van der Waals surface area contributed by atoms with Gasteiger partial charge in [-0.1, -0.05) is 18.2 Å². The highest BCUT2D eigenvalue weighted by atomic mass is 35.5. The van der Waals surface area contributed by atoms with Crippen LogP contribution in [0.25, 0.3) is 0 Å². The molecule has 0 radical (unpaired) electrons. The Hall–Kier alpha value is -1.80. The highest BCUT2D eigenvalue weighted by Crippen LogP contribution is 2.37. The monoisotopic (exact) mass is 380 g/mol. The number of benzene rings is 1. The smallest absolute Gasteiger partial charge is 0.393 e. The number of carboxylic acids is 1. The van der Waals surface area contributed by atoms with Crippen LogP contribution in [0.15, 0.2) is 30.3 Å². The Labute approximate surface area is 149 Å². The maximum absolute atomic E-state index is 13.0.